The van der Waals surface area contributed by atoms with Crippen LogP contribution in [-0.2, 0) is 25.5 Å². The maximum atomic E-state index is 14.4. The molecule has 5 rings (SSSR count). The normalized spacial score (nSPS) is 22.2. The van der Waals surface area contributed by atoms with Crippen LogP contribution in [0, 0.1) is 11.7 Å². The van der Waals surface area contributed by atoms with E-state index in [0.29, 0.717) is 47.7 Å². The van der Waals surface area contributed by atoms with E-state index >= 15 is 0 Å². The van der Waals surface area contributed by atoms with Crippen LogP contribution in [0.15, 0.2) is 48.7 Å². The third-order valence-corrected chi connectivity index (χ3v) is 8.31. The van der Waals surface area contributed by atoms with Crippen molar-refractivity contribution in [1.29, 1.82) is 0 Å². The Kier molecular flexibility index (Phi) is 9.33. The molecule has 2 amide bonds. The van der Waals surface area contributed by atoms with E-state index in [-0.39, 0.29) is 66.7 Å². The minimum absolute atomic E-state index is 0.00242. The average molecular weight is 600 g/mol. The molecule has 1 aliphatic heterocycles. The molecular weight excluding hydrogens is 568 g/mol. The Morgan fingerprint density at radius 2 is 1.88 bits per heavy atom. The number of fused-ring (bicyclic) bond motifs is 1. The molecule has 42 heavy (non-hydrogen) atoms. The fourth-order valence-electron chi connectivity index (χ4n) is 5.75. The molecule has 2 aromatic carbocycles. The molecule has 1 saturated heterocycles. The number of hydrogen-bond donors (Lipinski definition) is 1. The van der Waals surface area contributed by atoms with Crippen molar-refractivity contribution in [2.24, 2.45) is 5.92 Å². The first-order valence-corrected chi connectivity index (χ1v) is 14.4. The highest BCUT2D eigenvalue weighted by Crippen LogP contribution is 2.30. The van der Waals surface area contributed by atoms with Gasteiger partial charge in [0.15, 0.2) is 0 Å². The van der Waals surface area contributed by atoms with Gasteiger partial charge < -0.3 is 19.7 Å². The number of nitrogens with zero attached hydrogens (tertiary/aromatic N) is 2. The van der Waals surface area contributed by atoms with Crippen LogP contribution in [0.25, 0.3) is 10.8 Å². The van der Waals surface area contributed by atoms with E-state index in [1.54, 1.807) is 30.3 Å². The van der Waals surface area contributed by atoms with Gasteiger partial charge in [-0.05, 0) is 67.0 Å². The molecule has 0 radical (unpaired) electrons. The quantitative estimate of drug-likeness (QED) is 0.343. The number of alkyl halides is 1. The molecule has 1 N–H and O–H groups in total. The maximum absolute atomic E-state index is 14.4. The summed E-state index contributed by atoms with van der Waals surface area (Å²) in [5.41, 5.74) is 0.977. The summed E-state index contributed by atoms with van der Waals surface area (Å²) in [6, 6.07) is 10.3. The molecule has 1 aromatic heterocycles. The lowest BCUT2D eigenvalue weighted by atomic mass is 9.87. The van der Waals surface area contributed by atoms with Crippen molar-refractivity contribution < 1.29 is 32.6 Å². The van der Waals surface area contributed by atoms with Crippen LogP contribution in [0.3, 0.4) is 0 Å². The van der Waals surface area contributed by atoms with Gasteiger partial charge in [0.25, 0.3) is 5.91 Å². The van der Waals surface area contributed by atoms with Gasteiger partial charge in [0.1, 0.15) is 17.7 Å². The standard InChI is InChI=1S/C31H32ClF2N3O5/c1-41-31(40)20-4-7-24(8-5-20)42-17-23-14-22(34)16-37(23)28(38)13-18-2-9-27(26(32)12-18)36-30(39)29-25-15-21(33)6-3-19(25)10-11-35-29/h2-3,6,9-12,15,20,22-24H,4-5,7-8,13-14,16-17H2,1H3,(H,36,39)/t20-,22-,23-,24-/m0/s1. The van der Waals surface area contributed by atoms with E-state index in [2.05, 4.69) is 10.3 Å². The lowest BCUT2D eigenvalue weighted by Crippen LogP contribution is -2.40. The number of hydrogen-bond acceptors (Lipinski definition) is 6. The van der Waals surface area contributed by atoms with Crippen molar-refractivity contribution in [3.05, 3.63) is 70.8 Å². The molecule has 222 valence electrons. The van der Waals surface area contributed by atoms with Crippen molar-refractivity contribution in [2.75, 3.05) is 25.6 Å². The van der Waals surface area contributed by atoms with Crippen LogP contribution in [-0.4, -0.2) is 66.2 Å². The Morgan fingerprint density at radius 3 is 2.62 bits per heavy atom. The number of likely N-dealkylation sites (tertiary alicyclic amines) is 1. The summed E-state index contributed by atoms with van der Waals surface area (Å²) in [7, 11) is 1.39. The van der Waals surface area contributed by atoms with E-state index in [1.807, 2.05) is 0 Å². The number of carbonyl (C=O) groups is 3. The van der Waals surface area contributed by atoms with E-state index < -0.39 is 17.9 Å². The number of rotatable bonds is 8. The number of nitrogens with one attached hydrogen (secondary N) is 1. The van der Waals surface area contributed by atoms with E-state index in [4.69, 9.17) is 21.1 Å². The highest BCUT2D eigenvalue weighted by Gasteiger charge is 2.36. The van der Waals surface area contributed by atoms with Gasteiger partial charge in [-0.25, -0.2) is 8.78 Å². The second-order valence-corrected chi connectivity index (χ2v) is 11.2. The largest absolute Gasteiger partial charge is 0.469 e. The summed E-state index contributed by atoms with van der Waals surface area (Å²) in [4.78, 5) is 43.5. The lowest BCUT2D eigenvalue weighted by molar-refractivity contribution is -0.148. The molecule has 0 spiro atoms. The average Bonchev–Trinajstić information content (AvgIpc) is 3.37. The van der Waals surface area contributed by atoms with Crippen molar-refractivity contribution >= 4 is 45.8 Å². The van der Waals surface area contributed by atoms with Gasteiger partial charge in [0.05, 0.1) is 55.5 Å². The Bertz CT molecular complexity index is 1480. The number of carbonyl (C=O) groups excluding carboxylic acids is 3. The van der Waals surface area contributed by atoms with Crippen molar-refractivity contribution in [1.82, 2.24) is 9.88 Å². The fourth-order valence-corrected chi connectivity index (χ4v) is 6.00. The number of methoxy groups -OCH3 is 1. The van der Waals surface area contributed by atoms with Crippen molar-refractivity contribution in [3.8, 4) is 0 Å². The minimum Gasteiger partial charge on any atom is -0.469 e. The van der Waals surface area contributed by atoms with Gasteiger partial charge >= 0.3 is 5.97 Å². The Morgan fingerprint density at radius 1 is 1.10 bits per heavy atom. The molecule has 1 aliphatic carbocycles. The summed E-state index contributed by atoms with van der Waals surface area (Å²) in [5.74, 6) is -1.58. The van der Waals surface area contributed by atoms with Gasteiger partial charge in [-0.3, -0.25) is 19.4 Å². The van der Waals surface area contributed by atoms with Gasteiger partial charge in [-0.2, -0.15) is 0 Å². The predicted molar refractivity (Wildman–Crippen MR) is 154 cm³/mol. The maximum Gasteiger partial charge on any atom is 0.308 e. The Hall–Kier alpha value is -3.63. The molecular formula is C31H32ClF2N3O5. The topological polar surface area (TPSA) is 97.8 Å². The summed E-state index contributed by atoms with van der Waals surface area (Å²) in [5, 5.41) is 3.96. The smallest absolute Gasteiger partial charge is 0.308 e. The van der Waals surface area contributed by atoms with Crippen molar-refractivity contribution in [2.45, 2.75) is 56.8 Å². The van der Waals surface area contributed by atoms with E-state index in [0.717, 1.165) is 0 Å². The number of benzene rings is 2. The minimum atomic E-state index is -1.13. The molecule has 1 saturated carbocycles. The number of ether oxygens (including phenoxy) is 2. The first-order chi connectivity index (χ1) is 20.2. The fraction of sp³-hybridized carbons (Fsp3) is 0.419. The number of amides is 2. The highest BCUT2D eigenvalue weighted by molar-refractivity contribution is 6.34. The molecule has 11 heteroatoms. The summed E-state index contributed by atoms with van der Waals surface area (Å²) < 4.78 is 39.1. The van der Waals surface area contributed by atoms with Crippen molar-refractivity contribution in [3.63, 3.8) is 0 Å². The molecule has 2 aliphatic rings. The number of halogens is 3. The predicted octanol–water partition coefficient (Wildman–Crippen LogP) is 5.51. The third kappa shape index (κ3) is 6.87. The van der Waals surface area contributed by atoms with Crippen LogP contribution in [0.4, 0.5) is 14.5 Å². The molecule has 3 aromatic rings. The monoisotopic (exact) mass is 599 g/mol. The second-order valence-electron chi connectivity index (χ2n) is 10.8. The first kappa shape index (κ1) is 29.8. The Labute approximate surface area is 247 Å². The molecule has 0 unspecified atom stereocenters. The molecule has 0 bridgehead atoms. The summed E-state index contributed by atoms with van der Waals surface area (Å²) in [6.07, 6.45) is 3.32. The molecule has 2 heterocycles. The van der Waals surface area contributed by atoms with Gasteiger partial charge in [-0.1, -0.05) is 23.7 Å². The van der Waals surface area contributed by atoms with E-state index in [9.17, 15) is 23.2 Å². The highest BCUT2D eigenvalue weighted by atomic mass is 35.5. The summed E-state index contributed by atoms with van der Waals surface area (Å²) in [6.45, 7) is 0.236. The second kappa shape index (κ2) is 13.1. The number of pyridine rings is 1. The number of esters is 1. The van der Waals surface area contributed by atoms with Crippen LogP contribution in [0.2, 0.25) is 5.02 Å². The number of anilines is 1. The Balaban J connectivity index is 1.18. The van der Waals surface area contributed by atoms with Crippen LogP contribution in [0.5, 0.6) is 0 Å². The molecule has 2 fully saturated rings. The van der Waals surface area contributed by atoms with Crippen LogP contribution in [0.1, 0.15) is 48.2 Å². The third-order valence-electron chi connectivity index (χ3n) is 8.00. The van der Waals surface area contributed by atoms with Crippen LogP contribution >= 0.6 is 11.6 Å². The molecule has 8 nitrogen and oxygen atoms in total. The zero-order valence-electron chi connectivity index (χ0n) is 23.2. The zero-order valence-corrected chi connectivity index (χ0v) is 23.9. The van der Waals surface area contributed by atoms with Crippen LogP contribution < -0.4 is 5.32 Å². The molecule has 2 atom stereocenters. The van der Waals surface area contributed by atoms with Gasteiger partial charge in [0, 0.05) is 18.0 Å². The van der Waals surface area contributed by atoms with E-state index in [1.165, 1.54) is 30.3 Å². The zero-order chi connectivity index (χ0) is 29.8. The lowest BCUT2D eigenvalue weighted by Gasteiger charge is -2.30. The first-order valence-electron chi connectivity index (χ1n) is 14.0. The summed E-state index contributed by atoms with van der Waals surface area (Å²) >= 11 is 6.45. The van der Waals surface area contributed by atoms with Gasteiger partial charge in [-0.15, -0.1) is 0 Å². The SMILES string of the molecule is COC(=O)[C@H]1CC[C@H](OC[C@@H]2C[C@H](F)CN2C(=O)Cc2ccc(NC(=O)c3nccc4ccc(F)cc34)c(Cl)c2)CC1. The van der Waals surface area contributed by atoms with Gasteiger partial charge in [0.2, 0.25) is 5.91 Å². The number of aromatic nitrogens is 1.